The van der Waals surface area contributed by atoms with Crippen molar-refractivity contribution in [1.82, 2.24) is 20.1 Å². The lowest BCUT2D eigenvalue weighted by atomic mass is 9.90. The molecule has 8 nitrogen and oxygen atoms in total. The summed E-state index contributed by atoms with van der Waals surface area (Å²) < 4.78 is 0. The zero-order valence-corrected chi connectivity index (χ0v) is 19.0. The lowest BCUT2D eigenvalue weighted by molar-refractivity contribution is -0.140. The van der Waals surface area contributed by atoms with Crippen molar-refractivity contribution in [2.24, 2.45) is 5.92 Å². The number of nitrogens with two attached hydrogens (primary N) is 1. The Morgan fingerprint density at radius 1 is 0.938 bits per heavy atom. The van der Waals surface area contributed by atoms with Crippen LogP contribution in [0.3, 0.4) is 0 Å². The monoisotopic (exact) mass is 441 g/mol. The Morgan fingerprint density at radius 3 is 2.16 bits per heavy atom. The molecule has 32 heavy (non-hydrogen) atoms. The first-order chi connectivity index (χ1) is 15.4. The minimum atomic E-state index is -0.135. The number of carbonyl (C=O) groups is 3. The third-order valence-electron chi connectivity index (χ3n) is 7.40. The standard InChI is InChI=1S/C24H35N5O3/c1-16(30)28-12-10-18(11-13-28)24(32)29-14-8-17(9-15-29)21-7-6-20(22(25)27-21)23(31)26-19-4-2-3-5-19/h6-7,17-19H,2-5,8-15H2,1H3,(H2,25,27)(H,26,31). The number of piperidine rings is 2. The highest BCUT2D eigenvalue weighted by Gasteiger charge is 2.32. The summed E-state index contributed by atoms with van der Waals surface area (Å²) >= 11 is 0. The molecule has 3 fully saturated rings. The Labute approximate surface area is 189 Å². The van der Waals surface area contributed by atoms with E-state index in [-0.39, 0.29) is 41.4 Å². The normalized spacial score (nSPS) is 21.0. The zero-order valence-electron chi connectivity index (χ0n) is 19.0. The van der Waals surface area contributed by atoms with Crippen LogP contribution in [0.15, 0.2) is 12.1 Å². The number of pyridine rings is 1. The fraction of sp³-hybridized carbons (Fsp3) is 0.667. The van der Waals surface area contributed by atoms with Gasteiger partial charge in [-0.2, -0.15) is 0 Å². The van der Waals surface area contributed by atoms with E-state index in [1.807, 2.05) is 15.9 Å². The smallest absolute Gasteiger partial charge is 0.255 e. The maximum Gasteiger partial charge on any atom is 0.255 e. The van der Waals surface area contributed by atoms with E-state index in [2.05, 4.69) is 10.3 Å². The highest BCUT2D eigenvalue weighted by Crippen LogP contribution is 2.30. The second-order valence-corrected chi connectivity index (χ2v) is 9.50. The van der Waals surface area contributed by atoms with Crippen molar-refractivity contribution in [3.8, 4) is 0 Å². The van der Waals surface area contributed by atoms with Gasteiger partial charge in [-0.25, -0.2) is 4.98 Å². The van der Waals surface area contributed by atoms with Crippen molar-refractivity contribution < 1.29 is 14.4 Å². The van der Waals surface area contributed by atoms with E-state index < -0.39 is 0 Å². The number of hydrogen-bond acceptors (Lipinski definition) is 5. The first kappa shape index (κ1) is 22.6. The van der Waals surface area contributed by atoms with Crippen LogP contribution in [-0.2, 0) is 9.59 Å². The molecule has 3 aliphatic rings. The molecule has 0 bridgehead atoms. The summed E-state index contributed by atoms with van der Waals surface area (Å²) in [5.74, 6) is 0.725. The molecule has 174 valence electrons. The summed E-state index contributed by atoms with van der Waals surface area (Å²) in [6, 6.07) is 3.96. The van der Waals surface area contributed by atoms with Gasteiger partial charge >= 0.3 is 0 Å². The van der Waals surface area contributed by atoms with Gasteiger partial charge in [-0.15, -0.1) is 0 Å². The number of hydrogen-bond donors (Lipinski definition) is 2. The molecule has 0 radical (unpaired) electrons. The predicted molar refractivity (Wildman–Crippen MR) is 122 cm³/mol. The second-order valence-electron chi connectivity index (χ2n) is 9.50. The lowest BCUT2D eigenvalue weighted by Gasteiger charge is -2.37. The summed E-state index contributed by atoms with van der Waals surface area (Å²) in [6.07, 6.45) is 7.58. The third-order valence-corrected chi connectivity index (χ3v) is 7.40. The van der Waals surface area contributed by atoms with Gasteiger partial charge < -0.3 is 20.9 Å². The minimum Gasteiger partial charge on any atom is -0.383 e. The summed E-state index contributed by atoms with van der Waals surface area (Å²) in [7, 11) is 0. The molecule has 0 aromatic carbocycles. The molecule has 4 rings (SSSR count). The van der Waals surface area contributed by atoms with Crippen molar-refractivity contribution in [3.05, 3.63) is 23.4 Å². The quantitative estimate of drug-likeness (QED) is 0.745. The lowest BCUT2D eigenvalue weighted by Crippen LogP contribution is -2.46. The van der Waals surface area contributed by atoms with E-state index >= 15 is 0 Å². The van der Waals surface area contributed by atoms with Gasteiger partial charge in [0.05, 0.1) is 5.56 Å². The van der Waals surface area contributed by atoms with Gasteiger partial charge in [0.1, 0.15) is 5.82 Å². The number of nitrogens with zero attached hydrogens (tertiary/aromatic N) is 3. The molecule has 1 aliphatic carbocycles. The molecular weight excluding hydrogens is 406 g/mol. The molecule has 0 atom stereocenters. The van der Waals surface area contributed by atoms with Crippen molar-refractivity contribution in [3.63, 3.8) is 0 Å². The average Bonchev–Trinajstić information content (AvgIpc) is 3.31. The van der Waals surface area contributed by atoms with Gasteiger partial charge in [-0.3, -0.25) is 14.4 Å². The van der Waals surface area contributed by atoms with E-state index in [0.29, 0.717) is 31.7 Å². The van der Waals surface area contributed by atoms with E-state index in [4.69, 9.17) is 5.73 Å². The van der Waals surface area contributed by atoms with Crippen LogP contribution in [-0.4, -0.2) is 64.7 Å². The van der Waals surface area contributed by atoms with E-state index in [1.54, 1.807) is 13.0 Å². The number of likely N-dealkylation sites (tertiary alicyclic amines) is 2. The number of rotatable bonds is 4. The zero-order chi connectivity index (χ0) is 22.7. The van der Waals surface area contributed by atoms with Crippen LogP contribution >= 0.6 is 0 Å². The van der Waals surface area contributed by atoms with Crippen LogP contribution < -0.4 is 11.1 Å². The number of aromatic nitrogens is 1. The van der Waals surface area contributed by atoms with Crippen molar-refractivity contribution in [2.45, 2.75) is 70.3 Å². The van der Waals surface area contributed by atoms with Gasteiger partial charge in [0, 0.05) is 56.7 Å². The molecule has 8 heteroatoms. The van der Waals surface area contributed by atoms with Crippen LogP contribution in [0.5, 0.6) is 0 Å². The molecule has 1 saturated carbocycles. The first-order valence-electron chi connectivity index (χ1n) is 12.0. The third kappa shape index (κ3) is 5.05. The summed E-state index contributed by atoms with van der Waals surface area (Å²) in [6.45, 7) is 4.35. The summed E-state index contributed by atoms with van der Waals surface area (Å²) in [5.41, 5.74) is 7.50. The van der Waals surface area contributed by atoms with Gasteiger partial charge in [0.2, 0.25) is 11.8 Å². The molecule has 0 unspecified atom stereocenters. The van der Waals surface area contributed by atoms with Crippen LogP contribution in [0.25, 0.3) is 0 Å². The number of amides is 3. The van der Waals surface area contributed by atoms with Crippen molar-refractivity contribution in [2.75, 3.05) is 31.9 Å². The Hall–Kier alpha value is -2.64. The van der Waals surface area contributed by atoms with E-state index in [1.165, 1.54) is 0 Å². The maximum atomic E-state index is 12.9. The molecule has 0 spiro atoms. The average molecular weight is 442 g/mol. The molecule has 3 amide bonds. The first-order valence-corrected chi connectivity index (χ1v) is 12.0. The van der Waals surface area contributed by atoms with Crippen LogP contribution in [0.4, 0.5) is 5.82 Å². The fourth-order valence-electron chi connectivity index (χ4n) is 5.34. The summed E-state index contributed by atoms with van der Waals surface area (Å²) in [5, 5.41) is 3.07. The molecule has 3 heterocycles. The molecule has 2 saturated heterocycles. The Bertz CT molecular complexity index is 851. The van der Waals surface area contributed by atoms with Gasteiger partial charge in [-0.1, -0.05) is 12.8 Å². The maximum absolute atomic E-state index is 12.9. The molecule has 1 aromatic heterocycles. The van der Waals surface area contributed by atoms with E-state index in [9.17, 15) is 14.4 Å². The van der Waals surface area contributed by atoms with Crippen molar-refractivity contribution >= 4 is 23.5 Å². The molecule has 3 N–H and O–H groups in total. The number of carbonyl (C=O) groups excluding carboxylic acids is 3. The van der Waals surface area contributed by atoms with Crippen LogP contribution in [0.1, 0.15) is 80.3 Å². The predicted octanol–water partition coefficient (Wildman–Crippen LogP) is 2.30. The number of nitrogens with one attached hydrogen (secondary N) is 1. The van der Waals surface area contributed by atoms with Gasteiger partial charge in [-0.05, 0) is 50.7 Å². The topological polar surface area (TPSA) is 109 Å². The molecule has 1 aromatic rings. The minimum absolute atomic E-state index is 0.0218. The Balaban J connectivity index is 1.29. The Kier molecular flexibility index (Phi) is 6.96. The highest BCUT2D eigenvalue weighted by molar-refractivity contribution is 5.98. The van der Waals surface area contributed by atoms with E-state index in [0.717, 1.165) is 57.1 Å². The van der Waals surface area contributed by atoms with Crippen LogP contribution in [0.2, 0.25) is 0 Å². The highest BCUT2D eigenvalue weighted by atomic mass is 16.2. The fourth-order valence-corrected chi connectivity index (χ4v) is 5.34. The number of anilines is 1. The second kappa shape index (κ2) is 9.88. The van der Waals surface area contributed by atoms with Gasteiger partial charge in [0.15, 0.2) is 0 Å². The largest absolute Gasteiger partial charge is 0.383 e. The van der Waals surface area contributed by atoms with Gasteiger partial charge in [0.25, 0.3) is 5.91 Å². The Morgan fingerprint density at radius 2 is 1.56 bits per heavy atom. The number of nitrogen functional groups attached to an aromatic ring is 1. The SMILES string of the molecule is CC(=O)N1CCC(C(=O)N2CCC(c3ccc(C(=O)NC4CCCC4)c(N)n3)CC2)CC1. The van der Waals surface area contributed by atoms with Crippen molar-refractivity contribution in [1.29, 1.82) is 0 Å². The van der Waals surface area contributed by atoms with Crippen LogP contribution in [0, 0.1) is 5.92 Å². The summed E-state index contributed by atoms with van der Waals surface area (Å²) in [4.78, 5) is 45.3. The molecular formula is C24H35N5O3. The molecule has 2 aliphatic heterocycles.